The van der Waals surface area contributed by atoms with Crippen LogP contribution < -0.4 is 5.32 Å². The van der Waals surface area contributed by atoms with E-state index in [9.17, 15) is 4.79 Å². The Kier molecular flexibility index (Phi) is 3.72. The van der Waals surface area contributed by atoms with E-state index in [1.54, 1.807) is 18.5 Å². The average Bonchev–Trinajstić information content (AvgIpc) is 2.82. The molecule has 0 unspecified atom stereocenters. The first-order valence-corrected chi connectivity index (χ1v) is 5.50. The third kappa shape index (κ3) is 3.29. The van der Waals surface area contributed by atoms with Gasteiger partial charge in [0.15, 0.2) is 0 Å². The summed E-state index contributed by atoms with van der Waals surface area (Å²) in [4.78, 5) is 15.5. The summed E-state index contributed by atoms with van der Waals surface area (Å²) < 4.78 is 0. The van der Waals surface area contributed by atoms with E-state index in [0.717, 1.165) is 12.0 Å². The smallest absolute Gasteiger partial charge is 0.252 e. The van der Waals surface area contributed by atoms with Crippen molar-refractivity contribution in [3.05, 3.63) is 47.0 Å². The fraction of sp³-hybridized carbons (Fsp3) is 0.182. The maximum absolute atomic E-state index is 11.7. The van der Waals surface area contributed by atoms with Gasteiger partial charge in [-0.25, -0.2) is 0 Å². The maximum Gasteiger partial charge on any atom is 0.252 e. The second-order valence-corrected chi connectivity index (χ2v) is 3.94. The standard InChI is InChI=1S/C11H11ClN4O/c12-10-3-9(6-13-7-10)11(17)14-2-1-8-4-15-16-5-8/h3-7H,1-2H2,(H,14,17)(H,15,16). The highest BCUT2D eigenvalue weighted by Crippen LogP contribution is 2.08. The Bertz CT molecular complexity index is 498. The van der Waals surface area contributed by atoms with Gasteiger partial charge in [0, 0.05) is 25.1 Å². The number of amides is 1. The van der Waals surface area contributed by atoms with Gasteiger partial charge in [0.05, 0.1) is 16.8 Å². The van der Waals surface area contributed by atoms with E-state index >= 15 is 0 Å². The van der Waals surface area contributed by atoms with Crippen LogP contribution in [0.25, 0.3) is 0 Å². The van der Waals surface area contributed by atoms with Gasteiger partial charge in [0.2, 0.25) is 0 Å². The molecule has 0 saturated heterocycles. The van der Waals surface area contributed by atoms with Crippen molar-refractivity contribution < 1.29 is 4.79 Å². The highest BCUT2D eigenvalue weighted by Gasteiger charge is 2.05. The Balaban J connectivity index is 1.85. The zero-order valence-corrected chi connectivity index (χ0v) is 9.74. The molecule has 0 aliphatic heterocycles. The maximum atomic E-state index is 11.7. The first kappa shape index (κ1) is 11.6. The molecule has 2 aromatic heterocycles. The lowest BCUT2D eigenvalue weighted by molar-refractivity contribution is 0.0954. The van der Waals surface area contributed by atoms with Crippen LogP contribution in [0.2, 0.25) is 5.02 Å². The van der Waals surface area contributed by atoms with Crippen molar-refractivity contribution in [3.63, 3.8) is 0 Å². The summed E-state index contributed by atoms with van der Waals surface area (Å²) in [7, 11) is 0. The molecule has 0 aliphatic carbocycles. The fourth-order valence-electron chi connectivity index (χ4n) is 1.37. The number of pyridine rings is 1. The van der Waals surface area contributed by atoms with E-state index in [0.29, 0.717) is 17.1 Å². The lowest BCUT2D eigenvalue weighted by Gasteiger charge is -2.03. The first-order chi connectivity index (χ1) is 8.25. The highest BCUT2D eigenvalue weighted by atomic mass is 35.5. The third-order valence-electron chi connectivity index (χ3n) is 2.22. The molecule has 0 radical (unpaired) electrons. The van der Waals surface area contributed by atoms with Crippen molar-refractivity contribution in [2.45, 2.75) is 6.42 Å². The second-order valence-electron chi connectivity index (χ2n) is 3.50. The zero-order valence-electron chi connectivity index (χ0n) is 8.98. The van der Waals surface area contributed by atoms with Gasteiger partial charge in [-0.15, -0.1) is 0 Å². The van der Waals surface area contributed by atoms with Crippen LogP contribution in [0.15, 0.2) is 30.9 Å². The van der Waals surface area contributed by atoms with E-state index in [4.69, 9.17) is 11.6 Å². The van der Waals surface area contributed by atoms with Crippen LogP contribution in [0.5, 0.6) is 0 Å². The topological polar surface area (TPSA) is 70.7 Å². The Hall–Kier alpha value is -1.88. The van der Waals surface area contributed by atoms with Gasteiger partial charge in [0.1, 0.15) is 0 Å². The van der Waals surface area contributed by atoms with E-state index in [1.165, 1.54) is 12.4 Å². The largest absolute Gasteiger partial charge is 0.352 e. The quantitative estimate of drug-likeness (QED) is 0.862. The van der Waals surface area contributed by atoms with Crippen LogP contribution in [-0.2, 0) is 6.42 Å². The number of halogens is 1. The lowest BCUT2D eigenvalue weighted by Crippen LogP contribution is -2.25. The SMILES string of the molecule is O=C(NCCc1cn[nH]c1)c1cncc(Cl)c1. The number of nitrogens with one attached hydrogen (secondary N) is 2. The number of carbonyl (C=O) groups is 1. The average molecular weight is 251 g/mol. The van der Waals surface area contributed by atoms with E-state index in [1.807, 2.05) is 0 Å². The number of H-pyrrole nitrogens is 1. The van der Waals surface area contributed by atoms with Gasteiger partial charge in [0.25, 0.3) is 5.91 Å². The summed E-state index contributed by atoms with van der Waals surface area (Å²) in [6, 6.07) is 1.59. The molecule has 0 saturated carbocycles. The van der Waals surface area contributed by atoms with Crippen LogP contribution in [0.4, 0.5) is 0 Å². The molecule has 0 spiro atoms. The molecular weight excluding hydrogens is 240 g/mol. The number of aromatic nitrogens is 3. The molecule has 6 heteroatoms. The molecule has 2 aromatic rings. The van der Waals surface area contributed by atoms with Crippen molar-refractivity contribution >= 4 is 17.5 Å². The molecule has 2 heterocycles. The number of aromatic amines is 1. The number of hydrogen-bond donors (Lipinski definition) is 2. The zero-order chi connectivity index (χ0) is 12.1. The Morgan fingerprint density at radius 1 is 1.41 bits per heavy atom. The van der Waals surface area contributed by atoms with Gasteiger partial charge in [-0.3, -0.25) is 14.9 Å². The van der Waals surface area contributed by atoms with Gasteiger partial charge >= 0.3 is 0 Å². The molecule has 0 fully saturated rings. The second kappa shape index (κ2) is 5.45. The highest BCUT2D eigenvalue weighted by molar-refractivity contribution is 6.30. The van der Waals surface area contributed by atoms with Crippen molar-refractivity contribution in [2.75, 3.05) is 6.54 Å². The van der Waals surface area contributed by atoms with Crippen LogP contribution >= 0.6 is 11.6 Å². The summed E-state index contributed by atoms with van der Waals surface area (Å²) in [5.41, 5.74) is 1.51. The summed E-state index contributed by atoms with van der Waals surface area (Å²) in [5.74, 6) is -0.177. The van der Waals surface area contributed by atoms with Gasteiger partial charge in [-0.05, 0) is 18.1 Å². The Morgan fingerprint density at radius 2 is 2.29 bits per heavy atom. The molecule has 0 atom stereocenters. The van der Waals surface area contributed by atoms with Gasteiger partial charge in [-0.1, -0.05) is 11.6 Å². The first-order valence-electron chi connectivity index (χ1n) is 5.12. The number of carbonyl (C=O) groups excluding carboxylic acids is 1. The Labute approximate surface area is 103 Å². The van der Waals surface area contributed by atoms with Crippen molar-refractivity contribution in [2.24, 2.45) is 0 Å². The normalized spacial score (nSPS) is 10.2. The molecule has 0 aromatic carbocycles. The summed E-state index contributed by atoms with van der Waals surface area (Å²) in [5, 5.41) is 9.78. The molecule has 2 N–H and O–H groups in total. The molecule has 1 amide bonds. The molecule has 17 heavy (non-hydrogen) atoms. The summed E-state index contributed by atoms with van der Waals surface area (Å²) in [6.45, 7) is 0.547. The molecule has 0 bridgehead atoms. The molecular formula is C11H11ClN4O. The van der Waals surface area contributed by atoms with Crippen molar-refractivity contribution in [1.82, 2.24) is 20.5 Å². The fourth-order valence-corrected chi connectivity index (χ4v) is 1.55. The Morgan fingerprint density at radius 3 is 3.00 bits per heavy atom. The van der Waals surface area contributed by atoms with Crippen LogP contribution in [0.3, 0.4) is 0 Å². The number of rotatable bonds is 4. The molecule has 5 nitrogen and oxygen atoms in total. The van der Waals surface area contributed by atoms with E-state index in [-0.39, 0.29) is 5.91 Å². The minimum absolute atomic E-state index is 0.177. The van der Waals surface area contributed by atoms with Crippen LogP contribution in [-0.4, -0.2) is 27.6 Å². The van der Waals surface area contributed by atoms with Gasteiger partial charge in [-0.2, -0.15) is 5.10 Å². The molecule has 0 aliphatic rings. The van der Waals surface area contributed by atoms with Gasteiger partial charge < -0.3 is 5.32 Å². The van der Waals surface area contributed by atoms with Crippen LogP contribution in [0, 0.1) is 0 Å². The minimum atomic E-state index is -0.177. The summed E-state index contributed by atoms with van der Waals surface area (Å²) >= 11 is 5.75. The number of hydrogen-bond acceptors (Lipinski definition) is 3. The molecule has 2 rings (SSSR count). The monoisotopic (exact) mass is 250 g/mol. The van der Waals surface area contributed by atoms with Crippen LogP contribution in [0.1, 0.15) is 15.9 Å². The van der Waals surface area contributed by atoms with Crippen molar-refractivity contribution in [1.29, 1.82) is 0 Å². The van der Waals surface area contributed by atoms with Crippen molar-refractivity contribution in [3.8, 4) is 0 Å². The number of nitrogens with zero attached hydrogens (tertiary/aromatic N) is 2. The van der Waals surface area contributed by atoms with E-state index in [2.05, 4.69) is 20.5 Å². The summed E-state index contributed by atoms with van der Waals surface area (Å²) in [6.07, 6.45) is 7.24. The predicted molar refractivity (Wildman–Crippen MR) is 63.9 cm³/mol. The molecule has 88 valence electrons. The third-order valence-corrected chi connectivity index (χ3v) is 2.43. The predicted octanol–water partition coefficient (Wildman–Crippen LogP) is 1.43. The minimum Gasteiger partial charge on any atom is -0.352 e. The van der Waals surface area contributed by atoms with E-state index < -0.39 is 0 Å². The lowest BCUT2D eigenvalue weighted by atomic mass is 10.2.